The Morgan fingerprint density at radius 2 is 2.00 bits per heavy atom. The van der Waals surface area contributed by atoms with Gasteiger partial charge in [0.1, 0.15) is 18.5 Å². The molecule has 0 aliphatic heterocycles. The van der Waals surface area contributed by atoms with Crippen LogP contribution in [0.5, 0.6) is 0 Å². The molecule has 0 rings (SSSR count). The molecule has 0 aromatic heterocycles. The molecule has 7 N–H and O–H groups in total. The Bertz CT molecular complexity index is 238. The molecule has 1 unspecified atom stereocenters. The summed E-state index contributed by atoms with van der Waals surface area (Å²) < 4.78 is 0. The number of nitrogens with one attached hydrogen (secondary N) is 1. The molecular weight excluding hydrogens is 176 g/mol. The van der Waals surface area contributed by atoms with Crippen LogP contribution in [0.1, 0.15) is 0 Å². The molecule has 7 nitrogen and oxygen atoms in total. The van der Waals surface area contributed by atoms with Gasteiger partial charge in [0, 0.05) is 0 Å². The number of carbonyl (C=O) groups excluding carboxylic acids is 1. The summed E-state index contributed by atoms with van der Waals surface area (Å²) in [6, 6.07) is -1.23. The largest absolute Gasteiger partial charge is 0.390 e. The maximum atomic E-state index is 10.5. The highest BCUT2D eigenvalue weighted by Gasteiger charge is 2.16. The molecule has 7 heteroatoms. The lowest BCUT2D eigenvalue weighted by Crippen LogP contribution is -2.45. The van der Waals surface area contributed by atoms with Crippen LogP contribution in [0, 0.1) is 5.41 Å². The number of hydrogen-bond acceptors (Lipinski definition) is 5. The number of primary amides is 1. The molecule has 0 bridgehead atoms. The first-order valence-electron chi connectivity index (χ1n) is 3.44. The monoisotopic (exact) mass is 188 g/mol. The van der Waals surface area contributed by atoms with Crippen molar-refractivity contribution in [2.24, 2.45) is 16.5 Å². The number of hydrogen-bond donors (Lipinski definition) is 5. The number of aliphatic hydroxyl groups is 2. The highest BCUT2D eigenvalue weighted by atomic mass is 16.3. The fraction of sp³-hybridized carbons (Fsp3) is 0.500. The third-order valence-corrected chi connectivity index (χ3v) is 1.26. The van der Waals surface area contributed by atoms with Crippen LogP contribution < -0.4 is 11.5 Å². The van der Waals surface area contributed by atoms with Crippen LogP contribution in [0.2, 0.25) is 0 Å². The number of carbonyl (C=O) groups is 1. The van der Waals surface area contributed by atoms with Gasteiger partial charge in [-0.05, 0) is 0 Å². The number of aliphatic imine (C=N–C) groups is 1. The molecule has 0 saturated carbocycles. The van der Waals surface area contributed by atoms with E-state index in [1.165, 1.54) is 0 Å². The second kappa shape index (κ2) is 5.36. The van der Waals surface area contributed by atoms with Crippen LogP contribution in [0.25, 0.3) is 0 Å². The second-order valence-electron chi connectivity index (χ2n) is 2.25. The van der Waals surface area contributed by atoms with Crippen LogP contribution in [0.3, 0.4) is 0 Å². The van der Waals surface area contributed by atoms with Gasteiger partial charge in [0.2, 0.25) is 5.91 Å². The molecule has 13 heavy (non-hydrogen) atoms. The minimum absolute atomic E-state index is 0.133. The van der Waals surface area contributed by atoms with Gasteiger partial charge in [-0.2, -0.15) is 0 Å². The van der Waals surface area contributed by atoms with Crippen LogP contribution >= 0.6 is 0 Å². The SMILES string of the molecule is N=C(CO)N=C(CO)C(N)C(N)=O. The van der Waals surface area contributed by atoms with E-state index in [0.29, 0.717) is 0 Å². The topological polar surface area (TPSA) is 146 Å². The summed E-state index contributed by atoms with van der Waals surface area (Å²) in [6.07, 6.45) is 0. The zero-order chi connectivity index (χ0) is 10.4. The Hall–Kier alpha value is -1.31. The Balaban J connectivity index is 4.58. The van der Waals surface area contributed by atoms with Crippen molar-refractivity contribution in [3.63, 3.8) is 0 Å². The average Bonchev–Trinajstić information content (AvgIpc) is 2.12. The fourth-order valence-corrected chi connectivity index (χ4v) is 0.576. The molecular formula is C6H12N4O3. The molecule has 0 saturated heterocycles. The van der Waals surface area contributed by atoms with E-state index in [9.17, 15) is 4.79 Å². The molecule has 0 aliphatic rings. The summed E-state index contributed by atoms with van der Waals surface area (Å²) >= 11 is 0. The zero-order valence-corrected chi connectivity index (χ0v) is 6.90. The van der Waals surface area contributed by atoms with E-state index in [1.54, 1.807) is 0 Å². The summed E-state index contributed by atoms with van der Waals surface area (Å²) in [7, 11) is 0. The molecule has 1 atom stereocenters. The summed E-state index contributed by atoms with van der Waals surface area (Å²) in [5, 5.41) is 24.1. The van der Waals surface area contributed by atoms with Crippen LogP contribution in [-0.2, 0) is 4.79 Å². The van der Waals surface area contributed by atoms with Crippen molar-refractivity contribution in [2.75, 3.05) is 13.2 Å². The number of rotatable bonds is 4. The normalized spacial score (nSPS) is 13.9. The van der Waals surface area contributed by atoms with Gasteiger partial charge in [0.25, 0.3) is 0 Å². The average molecular weight is 188 g/mol. The maximum absolute atomic E-state index is 10.5. The smallest absolute Gasteiger partial charge is 0.240 e. The van der Waals surface area contributed by atoms with E-state index in [2.05, 4.69) is 4.99 Å². The Kier molecular flexibility index (Phi) is 4.82. The van der Waals surface area contributed by atoms with Gasteiger partial charge >= 0.3 is 0 Å². The Labute approximate surface area is 74.6 Å². The van der Waals surface area contributed by atoms with Gasteiger partial charge in [-0.25, -0.2) is 4.99 Å². The first-order valence-corrected chi connectivity index (χ1v) is 3.44. The van der Waals surface area contributed by atoms with Gasteiger partial charge in [-0.1, -0.05) is 0 Å². The Morgan fingerprint density at radius 3 is 2.31 bits per heavy atom. The highest BCUT2D eigenvalue weighted by Crippen LogP contribution is 1.87. The predicted octanol–water partition coefficient (Wildman–Crippen LogP) is -2.80. The summed E-state index contributed by atoms with van der Waals surface area (Å²) in [5.74, 6) is -1.24. The van der Waals surface area contributed by atoms with Crippen molar-refractivity contribution >= 4 is 17.5 Å². The number of nitrogens with zero attached hydrogens (tertiary/aromatic N) is 1. The first kappa shape index (κ1) is 11.7. The van der Waals surface area contributed by atoms with Crippen LogP contribution in [-0.4, -0.2) is 46.9 Å². The van der Waals surface area contributed by atoms with E-state index in [1.807, 2.05) is 0 Å². The standard InChI is InChI=1S/C6H12N4O3/c7-4(2-12)10-3(1-11)5(8)6(9)13/h5,7,11-12H,1-2,8H2,(H2,9,13). The summed E-state index contributed by atoms with van der Waals surface area (Å²) in [5.41, 5.74) is 9.94. The molecule has 0 radical (unpaired) electrons. The number of amidine groups is 1. The molecule has 0 aromatic rings. The minimum Gasteiger partial charge on any atom is -0.390 e. The maximum Gasteiger partial charge on any atom is 0.240 e. The third-order valence-electron chi connectivity index (χ3n) is 1.26. The minimum atomic E-state index is -1.23. The molecule has 0 spiro atoms. The van der Waals surface area contributed by atoms with Gasteiger partial charge in [-0.15, -0.1) is 0 Å². The quantitative estimate of drug-likeness (QED) is 0.239. The van der Waals surface area contributed by atoms with Gasteiger partial charge < -0.3 is 21.7 Å². The van der Waals surface area contributed by atoms with E-state index >= 15 is 0 Å². The molecule has 74 valence electrons. The second-order valence-corrected chi connectivity index (χ2v) is 2.25. The van der Waals surface area contributed by atoms with Crippen molar-refractivity contribution in [1.29, 1.82) is 5.41 Å². The van der Waals surface area contributed by atoms with Crippen LogP contribution in [0.15, 0.2) is 4.99 Å². The van der Waals surface area contributed by atoms with Crippen molar-refractivity contribution in [3.05, 3.63) is 0 Å². The molecule has 1 amide bonds. The first-order chi connectivity index (χ1) is 6.02. The van der Waals surface area contributed by atoms with Crippen molar-refractivity contribution in [2.45, 2.75) is 6.04 Å². The van der Waals surface area contributed by atoms with Gasteiger partial charge in [0.15, 0.2) is 0 Å². The van der Waals surface area contributed by atoms with Crippen LogP contribution in [0.4, 0.5) is 0 Å². The lowest BCUT2D eigenvalue weighted by atomic mass is 10.2. The number of nitrogens with two attached hydrogens (primary N) is 2. The predicted molar refractivity (Wildman–Crippen MR) is 46.5 cm³/mol. The summed E-state index contributed by atoms with van der Waals surface area (Å²) in [6.45, 7) is -1.17. The van der Waals surface area contributed by atoms with E-state index in [4.69, 9.17) is 27.1 Å². The molecule has 0 aliphatic carbocycles. The van der Waals surface area contributed by atoms with Gasteiger partial charge in [0.05, 0.1) is 12.3 Å². The number of aliphatic hydroxyl groups excluding tert-OH is 2. The van der Waals surface area contributed by atoms with E-state index < -0.39 is 25.2 Å². The lowest BCUT2D eigenvalue weighted by Gasteiger charge is -2.08. The van der Waals surface area contributed by atoms with Crippen molar-refractivity contribution in [1.82, 2.24) is 0 Å². The highest BCUT2D eigenvalue weighted by molar-refractivity contribution is 6.11. The van der Waals surface area contributed by atoms with E-state index in [-0.39, 0.29) is 11.5 Å². The third kappa shape index (κ3) is 3.74. The summed E-state index contributed by atoms with van der Waals surface area (Å²) in [4.78, 5) is 14.0. The van der Waals surface area contributed by atoms with E-state index in [0.717, 1.165) is 0 Å². The zero-order valence-electron chi connectivity index (χ0n) is 6.90. The lowest BCUT2D eigenvalue weighted by molar-refractivity contribution is -0.117. The molecule has 0 aromatic carbocycles. The van der Waals surface area contributed by atoms with Crippen molar-refractivity contribution in [3.8, 4) is 0 Å². The Morgan fingerprint density at radius 1 is 1.46 bits per heavy atom. The van der Waals surface area contributed by atoms with Gasteiger partial charge in [-0.3, -0.25) is 10.2 Å². The fourth-order valence-electron chi connectivity index (χ4n) is 0.576. The van der Waals surface area contributed by atoms with Crippen molar-refractivity contribution < 1.29 is 15.0 Å². The molecule has 0 fully saturated rings. The molecule has 0 heterocycles. The number of amides is 1.